The van der Waals surface area contributed by atoms with E-state index in [1.54, 1.807) is 0 Å². The standard InChI is InChI=1S/C28H37N3O2.2ClH/c1-30(2)19-25-27(32-20-23-8-9-23)13-11-24-26(29-33-28(24)25)12-10-21-14-16-31(17-15-21)18-22-6-4-3-5-7-22;;/h3-7,11,13,21,23H,8-10,12,14-20H2,1-2H3;2*1H. The highest BCUT2D eigenvalue weighted by Gasteiger charge is 2.24. The maximum Gasteiger partial charge on any atom is 0.175 e. The number of aromatic nitrogens is 1. The second kappa shape index (κ2) is 13.0. The summed E-state index contributed by atoms with van der Waals surface area (Å²) in [4.78, 5) is 4.76. The molecular formula is C28H39Cl2N3O2. The first kappa shape index (κ1) is 27.8. The van der Waals surface area contributed by atoms with Gasteiger partial charge in [-0.05, 0) is 95.2 Å². The molecule has 1 saturated carbocycles. The molecule has 0 unspecified atom stereocenters. The number of halogens is 2. The van der Waals surface area contributed by atoms with E-state index in [-0.39, 0.29) is 24.8 Å². The van der Waals surface area contributed by atoms with Crippen LogP contribution in [-0.2, 0) is 19.5 Å². The van der Waals surface area contributed by atoms with E-state index < -0.39 is 0 Å². The van der Waals surface area contributed by atoms with Crippen molar-refractivity contribution in [1.29, 1.82) is 0 Å². The molecule has 5 nitrogen and oxygen atoms in total. The Hall–Kier alpha value is -1.79. The fourth-order valence-electron chi connectivity index (χ4n) is 4.98. The van der Waals surface area contributed by atoms with Gasteiger partial charge in [0, 0.05) is 18.5 Å². The molecule has 35 heavy (non-hydrogen) atoms. The smallest absolute Gasteiger partial charge is 0.175 e. The van der Waals surface area contributed by atoms with Gasteiger partial charge >= 0.3 is 0 Å². The third-order valence-electron chi connectivity index (χ3n) is 7.17. The van der Waals surface area contributed by atoms with Crippen molar-refractivity contribution in [3.05, 3.63) is 59.3 Å². The predicted octanol–water partition coefficient (Wildman–Crippen LogP) is 6.37. The van der Waals surface area contributed by atoms with E-state index in [0.717, 1.165) is 65.9 Å². The van der Waals surface area contributed by atoms with E-state index in [9.17, 15) is 0 Å². The van der Waals surface area contributed by atoms with Crippen molar-refractivity contribution < 1.29 is 9.26 Å². The zero-order valence-electron chi connectivity index (χ0n) is 20.9. The number of hydrogen-bond acceptors (Lipinski definition) is 5. The van der Waals surface area contributed by atoms with Crippen molar-refractivity contribution in [2.45, 2.75) is 51.6 Å². The molecule has 2 fully saturated rings. The zero-order valence-corrected chi connectivity index (χ0v) is 22.6. The predicted molar refractivity (Wildman–Crippen MR) is 147 cm³/mol. The number of ether oxygens (including phenoxy) is 1. The maximum absolute atomic E-state index is 6.17. The van der Waals surface area contributed by atoms with E-state index in [0.29, 0.717) is 0 Å². The van der Waals surface area contributed by atoms with Gasteiger partial charge in [-0.15, -0.1) is 24.8 Å². The van der Waals surface area contributed by atoms with E-state index in [2.05, 4.69) is 71.5 Å². The number of rotatable bonds is 10. The molecule has 0 atom stereocenters. The van der Waals surface area contributed by atoms with Gasteiger partial charge in [0.1, 0.15) is 5.75 Å². The second-order valence-corrected chi connectivity index (χ2v) is 10.3. The summed E-state index contributed by atoms with van der Waals surface area (Å²) in [6.45, 7) is 5.06. The first-order chi connectivity index (χ1) is 16.2. The van der Waals surface area contributed by atoms with Crippen LogP contribution >= 0.6 is 24.8 Å². The summed E-state index contributed by atoms with van der Waals surface area (Å²) in [5.74, 6) is 2.46. The number of benzene rings is 2. The topological polar surface area (TPSA) is 41.7 Å². The van der Waals surface area contributed by atoms with E-state index in [1.165, 1.54) is 50.8 Å². The van der Waals surface area contributed by atoms with E-state index in [4.69, 9.17) is 9.26 Å². The molecule has 5 rings (SSSR count). The van der Waals surface area contributed by atoms with E-state index in [1.807, 2.05) is 0 Å². The summed E-state index contributed by atoms with van der Waals surface area (Å²) in [7, 11) is 4.18. The Morgan fingerprint density at radius 2 is 1.71 bits per heavy atom. The largest absolute Gasteiger partial charge is 0.493 e. The molecule has 2 aliphatic rings. The number of hydrogen-bond donors (Lipinski definition) is 0. The molecular weight excluding hydrogens is 481 g/mol. The molecule has 0 radical (unpaired) electrons. The summed E-state index contributed by atoms with van der Waals surface area (Å²) in [6.07, 6.45) is 7.30. The van der Waals surface area contributed by atoms with Crippen LogP contribution in [0.4, 0.5) is 0 Å². The first-order valence-corrected chi connectivity index (χ1v) is 12.6. The third kappa shape index (κ3) is 7.36. The molecule has 0 N–H and O–H groups in total. The Balaban J connectivity index is 0.00000171. The van der Waals surface area contributed by atoms with Crippen LogP contribution in [0, 0.1) is 11.8 Å². The van der Waals surface area contributed by atoms with Gasteiger partial charge in [-0.25, -0.2) is 0 Å². The van der Waals surface area contributed by atoms with Gasteiger partial charge in [-0.1, -0.05) is 35.5 Å². The monoisotopic (exact) mass is 519 g/mol. The van der Waals surface area contributed by atoms with Crippen LogP contribution < -0.4 is 4.74 Å². The summed E-state index contributed by atoms with van der Waals surface area (Å²) in [6, 6.07) is 15.1. The fourth-order valence-corrected chi connectivity index (χ4v) is 4.98. The Kier molecular flexibility index (Phi) is 10.3. The van der Waals surface area contributed by atoms with Crippen LogP contribution in [0.25, 0.3) is 11.0 Å². The lowest BCUT2D eigenvalue weighted by molar-refractivity contribution is 0.172. The Morgan fingerprint density at radius 1 is 0.971 bits per heavy atom. The van der Waals surface area contributed by atoms with Crippen molar-refractivity contribution >= 4 is 35.8 Å². The van der Waals surface area contributed by atoms with Crippen molar-refractivity contribution in [3.8, 4) is 5.75 Å². The lowest BCUT2D eigenvalue weighted by Crippen LogP contribution is -2.33. The molecule has 3 aromatic rings. The minimum absolute atomic E-state index is 0. The van der Waals surface area contributed by atoms with Crippen molar-refractivity contribution in [1.82, 2.24) is 15.0 Å². The normalized spacial score (nSPS) is 16.8. The number of aryl methyl sites for hydroxylation is 1. The highest BCUT2D eigenvalue weighted by molar-refractivity contribution is 5.86. The average Bonchev–Trinajstić information content (AvgIpc) is 3.56. The second-order valence-electron chi connectivity index (χ2n) is 10.3. The molecule has 1 aliphatic carbocycles. The van der Waals surface area contributed by atoms with Gasteiger partial charge < -0.3 is 14.2 Å². The molecule has 0 spiro atoms. The number of nitrogens with zero attached hydrogens (tertiary/aromatic N) is 3. The third-order valence-corrected chi connectivity index (χ3v) is 7.17. The minimum atomic E-state index is 0. The SMILES string of the molecule is CN(C)Cc1c(OCC2CC2)ccc2c(CCC3CCN(Cc4ccccc4)CC3)noc12.Cl.Cl. The number of fused-ring (bicyclic) bond motifs is 1. The highest BCUT2D eigenvalue weighted by Crippen LogP contribution is 2.35. The van der Waals surface area contributed by atoms with Crippen LogP contribution in [0.5, 0.6) is 5.75 Å². The average molecular weight is 521 g/mol. The van der Waals surface area contributed by atoms with Crippen molar-refractivity contribution in [2.75, 3.05) is 33.8 Å². The van der Waals surface area contributed by atoms with E-state index >= 15 is 0 Å². The number of likely N-dealkylation sites (tertiary alicyclic amines) is 1. The lowest BCUT2D eigenvalue weighted by atomic mass is 9.91. The summed E-state index contributed by atoms with van der Waals surface area (Å²) >= 11 is 0. The fraction of sp³-hybridized carbons (Fsp3) is 0.536. The molecule has 2 heterocycles. The van der Waals surface area contributed by atoms with Crippen LogP contribution in [0.15, 0.2) is 47.0 Å². The van der Waals surface area contributed by atoms with Crippen LogP contribution in [0.1, 0.15) is 48.9 Å². The Bertz CT molecular complexity index is 1050. The number of piperidine rings is 1. The zero-order chi connectivity index (χ0) is 22.6. The van der Waals surface area contributed by atoms with Gasteiger partial charge in [-0.2, -0.15) is 0 Å². The van der Waals surface area contributed by atoms with Crippen LogP contribution in [0.3, 0.4) is 0 Å². The Labute approximate surface area is 222 Å². The van der Waals surface area contributed by atoms with Crippen molar-refractivity contribution in [2.24, 2.45) is 11.8 Å². The molecule has 7 heteroatoms. The summed E-state index contributed by atoms with van der Waals surface area (Å²) < 4.78 is 12.1. The quantitative estimate of drug-likeness (QED) is 0.311. The van der Waals surface area contributed by atoms with Crippen molar-refractivity contribution in [3.63, 3.8) is 0 Å². The molecule has 1 aliphatic heterocycles. The lowest BCUT2D eigenvalue weighted by Gasteiger charge is -2.31. The minimum Gasteiger partial charge on any atom is -0.493 e. The molecule has 192 valence electrons. The molecule has 1 saturated heterocycles. The van der Waals surface area contributed by atoms with Gasteiger partial charge in [0.25, 0.3) is 0 Å². The van der Waals surface area contributed by atoms with Gasteiger partial charge in [0.05, 0.1) is 17.9 Å². The highest BCUT2D eigenvalue weighted by atomic mass is 35.5. The summed E-state index contributed by atoms with van der Waals surface area (Å²) in [5.41, 5.74) is 4.56. The van der Waals surface area contributed by atoms with Crippen LogP contribution in [0.2, 0.25) is 0 Å². The summed E-state index contributed by atoms with van der Waals surface area (Å²) in [5, 5.41) is 5.67. The van der Waals surface area contributed by atoms with Gasteiger partial charge in [-0.3, -0.25) is 4.90 Å². The van der Waals surface area contributed by atoms with Crippen LogP contribution in [-0.4, -0.2) is 48.7 Å². The molecule has 0 amide bonds. The van der Waals surface area contributed by atoms with Gasteiger partial charge in [0.2, 0.25) is 0 Å². The maximum atomic E-state index is 6.17. The molecule has 0 bridgehead atoms. The molecule has 1 aromatic heterocycles. The molecule has 2 aromatic carbocycles. The first-order valence-electron chi connectivity index (χ1n) is 12.6. The van der Waals surface area contributed by atoms with Gasteiger partial charge in [0.15, 0.2) is 5.58 Å². The Morgan fingerprint density at radius 3 is 2.40 bits per heavy atom.